The van der Waals surface area contributed by atoms with E-state index in [4.69, 9.17) is 25.8 Å². The van der Waals surface area contributed by atoms with E-state index in [1.54, 1.807) is 7.11 Å². The lowest BCUT2D eigenvalue weighted by Gasteiger charge is -2.13. The van der Waals surface area contributed by atoms with Crippen LogP contribution in [0.1, 0.15) is 24.0 Å². The summed E-state index contributed by atoms with van der Waals surface area (Å²) in [7, 11) is 1.67. The monoisotopic (exact) mass is 408 g/mol. The van der Waals surface area contributed by atoms with E-state index < -0.39 is 0 Å². The van der Waals surface area contributed by atoms with Gasteiger partial charge in [-0.05, 0) is 47.5 Å². The van der Waals surface area contributed by atoms with Crippen molar-refractivity contribution in [2.45, 2.75) is 24.8 Å². The highest BCUT2D eigenvalue weighted by Gasteiger charge is 2.61. The van der Waals surface area contributed by atoms with Gasteiger partial charge in [-0.15, -0.1) is 11.6 Å². The van der Waals surface area contributed by atoms with Gasteiger partial charge in [0.1, 0.15) is 17.2 Å². The van der Waals surface area contributed by atoms with E-state index in [1.165, 1.54) is 5.56 Å². The van der Waals surface area contributed by atoms with Crippen molar-refractivity contribution in [2.24, 2.45) is 5.41 Å². The molecule has 1 saturated carbocycles. The molecule has 0 aliphatic heterocycles. The summed E-state index contributed by atoms with van der Waals surface area (Å²) in [5.74, 6) is 2.78. The molecule has 0 saturated heterocycles. The van der Waals surface area contributed by atoms with E-state index >= 15 is 0 Å². The minimum absolute atomic E-state index is 0.0612. The Labute approximate surface area is 177 Å². The highest BCUT2D eigenvalue weighted by Crippen LogP contribution is 2.62. The van der Waals surface area contributed by atoms with Gasteiger partial charge in [-0.2, -0.15) is 0 Å². The molecule has 3 atom stereocenters. The Hall–Kier alpha value is -2.49. The number of rotatable bonds is 8. The van der Waals surface area contributed by atoms with Gasteiger partial charge in [-0.25, -0.2) is 0 Å². The average Bonchev–Trinajstić information content (AvgIpc) is 3.29. The maximum atomic E-state index is 6.63. The summed E-state index contributed by atoms with van der Waals surface area (Å²) in [6, 6.07) is 25.9. The third-order valence-electron chi connectivity index (χ3n) is 5.56. The molecule has 1 aliphatic carbocycles. The van der Waals surface area contributed by atoms with Crippen molar-refractivity contribution in [3.8, 4) is 17.2 Å². The van der Waals surface area contributed by atoms with E-state index in [0.29, 0.717) is 19.1 Å². The first kappa shape index (κ1) is 19.8. The van der Waals surface area contributed by atoms with Crippen LogP contribution in [0, 0.1) is 5.41 Å². The van der Waals surface area contributed by atoms with Gasteiger partial charge in [-0.1, -0.05) is 49.4 Å². The van der Waals surface area contributed by atoms with Crippen molar-refractivity contribution in [2.75, 3.05) is 13.7 Å². The number of para-hydroxylation sites is 1. The first-order chi connectivity index (χ1) is 14.1. The van der Waals surface area contributed by atoms with Crippen LogP contribution in [-0.4, -0.2) is 19.1 Å². The fraction of sp³-hybridized carbons (Fsp3) is 0.280. The first-order valence-electron chi connectivity index (χ1n) is 9.78. The SMILES string of the molecule is COc1ccc([C@@H]2[C@H](Cl)[C@@]2(C)COCc2cccc(Oc3ccccc3)c2)cc1. The summed E-state index contributed by atoms with van der Waals surface area (Å²) >= 11 is 6.63. The van der Waals surface area contributed by atoms with Crippen LogP contribution in [0.2, 0.25) is 0 Å². The molecule has 150 valence electrons. The Morgan fingerprint density at radius 1 is 0.862 bits per heavy atom. The number of ether oxygens (including phenoxy) is 3. The van der Waals surface area contributed by atoms with Crippen molar-refractivity contribution in [1.82, 2.24) is 0 Å². The van der Waals surface area contributed by atoms with Crippen LogP contribution in [-0.2, 0) is 11.3 Å². The molecule has 29 heavy (non-hydrogen) atoms. The van der Waals surface area contributed by atoms with Crippen LogP contribution in [0.5, 0.6) is 17.2 Å². The molecule has 0 radical (unpaired) electrons. The fourth-order valence-electron chi connectivity index (χ4n) is 3.75. The Morgan fingerprint density at radius 3 is 2.31 bits per heavy atom. The van der Waals surface area contributed by atoms with Gasteiger partial charge < -0.3 is 14.2 Å². The molecule has 0 unspecified atom stereocenters. The average molecular weight is 409 g/mol. The lowest BCUT2D eigenvalue weighted by Crippen LogP contribution is -2.10. The molecule has 0 N–H and O–H groups in total. The van der Waals surface area contributed by atoms with Crippen LogP contribution >= 0.6 is 11.6 Å². The molecule has 0 bridgehead atoms. The zero-order valence-electron chi connectivity index (χ0n) is 16.7. The second kappa shape index (κ2) is 8.48. The summed E-state index contributed by atoms with van der Waals surface area (Å²) in [4.78, 5) is 0. The van der Waals surface area contributed by atoms with Crippen LogP contribution in [0.3, 0.4) is 0 Å². The van der Waals surface area contributed by atoms with Crippen molar-refractivity contribution < 1.29 is 14.2 Å². The standard InChI is InChI=1S/C25H25ClO3/c1-25(23(24(25)26)19-11-13-20(27-2)14-12-19)17-28-16-18-7-6-10-22(15-18)29-21-8-4-3-5-9-21/h3-15,23-24H,16-17H2,1-2H3/t23-,24+,25+/m1/s1. The van der Waals surface area contributed by atoms with Gasteiger partial charge in [0.15, 0.2) is 0 Å². The highest BCUT2D eigenvalue weighted by atomic mass is 35.5. The predicted molar refractivity (Wildman–Crippen MR) is 116 cm³/mol. The van der Waals surface area contributed by atoms with Crippen LogP contribution < -0.4 is 9.47 Å². The van der Waals surface area contributed by atoms with Crippen molar-refractivity contribution in [3.63, 3.8) is 0 Å². The van der Waals surface area contributed by atoms with Crippen LogP contribution in [0.15, 0.2) is 78.9 Å². The lowest BCUT2D eigenvalue weighted by molar-refractivity contribution is 0.0823. The third kappa shape index (κ3) is 4.42. The Morgan fingerprint density at radius 2 is 1.59 bits per heavy atom. The van der Waals surface area contributed by atoms with E-state index in [2.05, 4.69) is 19.1 Å². The topological polar surface area (TPSA) is 27.7 Å². The normalized spacial score (nSPS) is 22.9. The number of alkyl halides is 1. The Bertz CT molecular complexity index is 942. The maximum Gasteiger partial charge on any atom is 0.127 e. The number of benzene rings is 3. The molecule has 1 aliphatic rings. The van der Waals surface area contributed by atoms with E-state index in [9.17, 15) is 0 Å². The number of hydrogen-bond acceptors (Lipinski definition) is 3. The van der Waals surface area contributed by atoms with Gasteiger partial charge in [0, 0.05) is 16.7 Å². The summed E-state index contributed by atoms with van der Waals surface area (Å²) in [6.45, 7) is 3.33. The Kier molecular flexibility index (Phi) is 5.79. The van der Waals surface area contributed by atoms with Crippen molar-refractivity contribution in [1.29, 1.82) is 0 Å². The van der Waals surface area contributed by atoms with Crippen molar-refractivity contribution >= 4 is 11.6 Å². The van der Waals surface area contributed by atoms with E-state index in [0.717, 1.165) is 22.8 Å². The number of methoxy groups -OCH3 is 1. The first-order valence-corrected chi connectivity index (χ1v) is 10.2. The van der Waals surface area contributed by atoms with Gasteiger partial charge in [0.2, 0.25) is 0 Å². The summed E-state index contributed by atoms with van der Waals surface area (Å²) in [5, 5.41) is 0.0728. The van der Waals surface area contributed by atoms with Crippen LogP contribution in [0.4, 0.5) is 0 Å². The van der Waals surface area contributed by atoms with Gasteiger partial charge in [0.05, 0.1) is 20.3 Å². The van der Waals surface area contributed by atoms with Gasteiger partial charge in [-0.3, -0.25) is 0 Å². The zero-order chi connectivity index (χ0) is 20.3. The van der Waals surface area contributed by atoms with E-state index in [-0.39, 0.29) is 10.8 Å². The molecular formula is C25H25ClO3. The smallest absolute Gasteiger partial charge is 0.127 e. The minimum Gasteiger partial charge on any atom is -0.497 e. The van der Waals surface area contributed by atoms with Crippen molar-refractivity contribution in [3.05, 3.63) is 90.0 Å². The zero-order valence-corrected chi connectivity index (χ0v) is 17.4. The van der Waals surface area contributed by atoms with Gasteiger partial charge in [0.25, 0.3) is 0 Å². The summed E-state index contributed by atoms with van der Waals surface area (Å²) in [5.41, 5.74) is 2.25. The van der Waals surface area contributed by atoms with Crippen LogP contribution in [0.25, 0.3) is 0 Å². The molecule has 3 nitrogen and oxygen atoms in total. The molecule has 3 aromatic rings. The molecule has 3 aromatic carbocycles. The molecule has 0 aromatic heterocycles. The molecule has 0 heterocycles. The second-order valence-electron chi connectivity index (χ2n) is 7.71. The van der Waals surface area contributed by atoms with Gasteiger partial charge >= 0.3 is 0 Å². The largest absolute Gasteiger partial charge is 0.497 e. The fourth-order valence-corrected chi connectivity index (χ4v) is 4.31. The molecular weight excluding hydrogens is 384 g/mol. The number of halogens is 1. The lowest BCUT2D eigenvalue weighted by atomic mass is 10.0. The molecule has 4 rings (SSSR count). The maximum absolute atomic E-state index is 6.63. The third-order valence-corrected chi connectivity index (χ3v) is 6.31. The summed E-state index contributed by atoms with van der Waals surface area (Å²) in [6.07, 6.45) is 0. The molecule has 4 heteroatoms. The highest BCUT2D eigenvalue weighted by molar-refractivity contribution is 6.24. The molecule has 0 spiro atoms. The predicted octanol–water partition coefficient (Wildman–Crippen LogP) is 6.42. The summed E-state index contributed by atoms with van der Waals surface area (Å²) < 4.78 is 17.2. The molecule has 1 fully saturated rings. The van der Waals surface area contributed by atoms with E-state index in [1.807, 2.05) is 66.7 Å². The second-order valence-corrected chi connectivity index (χ2v) is 8.18. The molecule has 0 amide bonds. The number of hydrogen-bond donors (Lipinski definition) is 0. The Balaban J connectivity index is 1.33. The minimum atomic E-state index is -0.0612. The quantitative estimate of drug-likeness (QED) is 0.403.